The molecular weight excluding hydrogens is 444 g/mol. The summed E-state index contributed by atoms with van der Waals surface area (Å²) < 4.78 is 10.9. The summed E-state index contributed by atoms with van der Waals surface area (Å²) in [5, 5.41) is 9.89. The fraction of sp³-hybridized carbons (Fsp3) is 0.370. The maximum atomic E-state index is 13.8. The first-order chi connectivity index (χ1) is 17.0. The third-order valence-corrected chi connectivity index (χ3v) is 6.45. The van der Waals surface area contributed by atoms with Crippen LogP contribution in [0.1, 0.15) is 58.9 Å². The Balaban J connectivity index is 1.78. The maximum absolute atomic E-state index is 13.8. The van der Waals surface area contributed by atoms with Crippen molar-refractivity contribution in [2.24, 2.45) is 0 Å². The van der Waals surface area contributed by atoms with Gasteiger partial charge in [-0.25, -0.2) is 0 Å². The third-order valence-electron chi connectivity index (χ3n) is 6.45. The van der Waals surface area contributed by atoms with E-state index in [-0.39, 0.29) is 24.4 Å². The summed E-state index contributed by atoms with van der Waals surface area (Å²) in [5.74, 6) is 0.512. The number of hydrogen-bond donors (Lipinski definition) is 2. The van der Waals surface area contributed by atoms with Gasteiger partial charge in [-0.2, -0.15) is 5.10 Å². The zero-order valence-corrected chi connectivity index (χ0v) is 20.4. The number of nitrogens with zero attached hydrogens (tertiary/aromatic N) is 2. The Kier molecular flexibility index (Phi) is 7.70. The number of H-pyrrole nitrogens is 1. The first-order valence-corrected chi connectivity index (χ1v) is 11.9. The second-order valence-corrected chi connectivity index (χ2v) is 8.90. The van der Waals surface area contributed by atoms with Gasteiger partial charge in [0.25, 0.3) is 5.91 Å². The maximum Gasteiger partial charge on any atom is 0.273 e. The van der Waals surface area contributed by atoms with Gasteiger partial charge in [-0.05, 0) is 49.1 Å². The molecule has 1 aliphatic carbocycles. The molecule has 2 N–H and O–H groups in total. The van der Waals surface area contributed by atoms with Crippen molar-refractivity contribution in [3.63, 3.8) is 0 Å². The highest BCUT2D eigenvalue weighted by Crippen LogP contribution is 2.34. The summed E-state index contributed by atoms with van der Waals surface area (Å²) in [6.45, 7) is 2.26. The molecule has 1 fully saturated rings. The standard InChI is InChI=1S/C27H32N4O4/c1-18-8-10-19(11-9-18)17-31(27(33)22-14-15-28-30-22)25(26(32)29-21-6-4-5-7-21)20-12-13-23(34-2)24(16-20)35-3/h8-16,21,25H,4-7,17H2,1-3H3,(H,28,30)(H,29,32)/t25-/m1/s1. The molecule has 1 atom stereocenters. The van der Waals surface area contributed by atoms with Gasteiger partial charge in [0, 0.05) is 18.8 Å². The van der Waals surface area contributed by atoms with Crippen molar-refractivity contribution in [2.75, 3.05) is 14.2 Å². The molecule has 184 valence electrons. The number of rotatable bonds is 9. The number of hydrogen-bond acceptors (Lipinski definition) is 5. The minimum atomic E-state index is -0.882. The lowest BCUT2D eigenvalue weighted by atomic mass is 10.0. The third kappa shape index (κ3) is 5.65. The van der Waals surface area contributed by atoms with Gasteiger partial charge in [-0.3, -0.25) is 14.7 Å². The highest BCUT2D eigenvalue weighted by Gasteiger charge is 2.35. The lowest BCUT2D eigenvalue weighted by Gasteiger charge is -2.32. The van der Waals surface area contributed by atoms with E-state index in [0.29, 0.717) is 22.8 Å². The van der Waals surface area contributed by atoms with Crippen molar-refractivity contribution in [1.82, 2.24) is 20.4 Å². The molecule has 0 unspecified atom stereocenters. The number of methoxy groups -OCH3 is 2. The highest BCUT2D eigenvalue weighted by molar-refractivity contribution is 5.96. The summed E-state index contributed by atoms with van der Waals surface area (Å²) in [5.41, 5.74) is 2.99. The normalized spacial score (nSPS) is 14.4. The average Bonchev–Trinajstić information content (AvgIpc) is 3.59. The van der Waals surface area contributed by atoms with Crippen LogP contribution in [0.25, 0.3) is 0 Å². The highest BCUT2D eigenvalue weighted by atomic mass is 16.5. The topological polar surface area (TPSA) is 96.5 Å². The molecule has 0 radical (unpaired) electrons. The van der Waals surface area contributed by atoms with Crippen molar-refractivity contribution in [3.05, 3.63) is 77.1 Å². The molecule has 1 heterocycles. The van der Waals surface area contributed by atoms with E-state index in [1.165, 1.54) is 6.20 Å². The van der Waals surface area contributed by atoms with E-state index in [1.807, 2.05) is 37.3 Å². The van der Waals surface area contributed by atoms with Gasteiger partial charge in [0.05, 0.1) is 14.2 Å². The van der Waals surface area contributed by atoms with Crippen LogP contribution in [-0.2, 0) is 11.3 Å². The first kappa shape index (κ1) is 24.3. The zero-order valence-electron chi connectivity index (χ0n) is 20.4. The van der Waals surface area contributed by atoms with Gasteiger partial charge in [0.2, 0.25) is 5.91 Å². The molecule has 35 heavy (non-hydrogen) atoms. The number of carbonyl (C=O) groups excluding carboxylic acids is 2. The molecule has 1 aromatic heterocycles. The zero-order chi connectivity index (χ0) is 24.8. The molecule has 0 saturated heterocycles. The van der Waals surface area contributed by atoms with Crippen LogP contribution in [0, 0.1) is 6.92 Å². The summed E-state index contributed by atoms with van der Waals surface area (Å²) in [6, 6.07) is 14.1. The predicted molar refractivity (Wildman–Crippen MR) is 132 cm³/mol. The Labute approximate surface area is 205 Å². The van der Waals surface area contributed by atoms with E-state index >= 15 is 0 Å². The van der Waals surface area contributed by atoms with Crippen LogP contribution < -0.4 is 14.8 Å². The summed E-state index contributed by atoms with van der Waals surface area (Å²) in [7, 11) is 3.11. The Morgan fingerprint density at radius 2 is 1.77 bits per heavy atom. The van der Waals surface area contributed by atoms with Gasteiger partial charge >= 0.3 is 0 Å². The van der Waals surface area contributed by atoms with Gasteiger partial charge < -0.3 is 19.7 Å². The first-order valence-electron chi connectivity index (χ1n) is 11.9. The van der Waals surface area contributed by atoms with Crippen LogP contribution in [0.15, 0.2) is 54.7 Å². The molecule has 8 heteroatoms. The van der Waals surface area contributed by atoms with E-state index in [0.717, 1.165) is 36.8 Å². The summed E-state index contributed by atoms with van der Waals surface area (Å²) in [6.07, 6.45) is 5.59. The number of amides is 2. The molecule has 4 rings (SSSR count). The van der Waals surface area contributed by atoms with Crippen molar-refractivity contribution >= 4 is 11.8 Å². The Bertz CT molecular complexity index is 1140. The molecule has 0 spiro atoms. The average molecular weight is 477 g/mol. The molecule has 3 aromatic rings. The van der Waals surface area contributed by atoms with Crippen LogP contribution in [0.5, 0.6) is 11.5 Å². The number of aromatic nitrogens is 2. The van der Waals surface area contributed by atoms with Gasteiger partial charge in [-0.1, -0.05) is 48.7 Å². The molecule has 1 aliphatic rings. The number of benzene rings is 2. The van der Waals surface area contributed by atoms with Crippen LogP contribution >= 0.6 is 0 Å². The lowest BCUT2D eigenvalue weighted by molar-refractivity contribution is -0.126. The van der Waals surface area contributed by atoms with Gasteiger partial charge in [0.15, 0.2) is 11.5 Å². The van der Waals surface area contributed by atoms with E-state index in [9.17, 15) is 9.59 Å². The molecule has 0 aliphatic heterocycles. The number of ether oxygens (including phenoxy) is 2. The Hall–Kier alpha value is -3.81. The second-order valence-electron chi connectivity index (χ2n) is 8.90. The van der Waals surface area contributed by atoms with Gasteiger partial charge in [-0.15, -0.1) is 0 Å². The summed E-state index contributed by atoms with van der Waals surface area (Å²) >= 11 is 0. The minimum Gasteiger partial charge on any atom is -0.493 e. The van der Waals surface area contributed by atoms with Crippen molar-refractivity contribution in [1.29, 1.82) is 0 Å². The smallest absolute Gasteiger partial charge is 0.273 e. The molecule has 8 nitrogen and oxygen atoms in total. The van der Waals surface area contributed by atoms with Crippen molar-refractivity contribution in [2.45, 2.75) is 51.2 Å². The number of carbonyl (C=O) groups is 2. The van der Waals surface area contributed by atoms with Crippen molar-refractivity contribution in [3.8, 4) is 11.5 Å². The number of aryl methyl sites for hydroxylation is 1. The van der Waals surface area contributed by atoms with Crippen LogP contribution in [-0.4, -0.2) is 47.2 Å². The fourth-order valence-corrected chi connectivity index (χ4v) is 4.55. The van der Waals surface area contributed by atoms with E-state index in [4.69, 9.17) is 9.47 Å². The van der Waals surface area contributed by atoms with Gasteiger partial charge in [0.1, 0.15) is 11.7 Å². The quantitative estimate of drug-likeness (QED) is 0.483. The molecule has 0 bridgehead atoms. The predicted octanol–water partition coefficient (Wildman–Crippen LogP) is 4.18. The monoisotopic (exact) mass is 476 g/mol. The lowest BCUT2D eigenvalue weighted by Crippen LogP contribution is -2.46. The number of nitrogens with one attached hydrogen (secondary N) is 2. The van der Waals surface area contributed by atoms with Crippen LogP contribution in [0.4, 0.5) is 0 Å². The van der Waals surface area contributed by atoms with Crippen LogP contribution in [0.3, 0.4) is 0 Å². The molecule has 1 saturated carbocycles. The Morgan fingerprint density at radius 3 is 2.40 bits per heavy atom. The fourth-order valence-electron chi connectivity index (χ4n) is 4.55. The largest absolute Gasteiger partial charge is 0.493 e. The Morgan fingerprint density at radius 1 is 1.06 bits per heavy atom. The second kappa shape index (κ2) is 11.1. The van der Waals surface area contributed by atoms with Crippen LogP contribution in [0.2, 0.25) is 0 Å². The molecule has 2 amide bonds. The van der Waals surface area contributed by atoms with E-state index < -0.39 is 6.04 Å². The number of aromatic amines is 1. The molecular formula is C27H32N4O4. The minimum absolute atomic E-state index is 0.105. The SMILES string of the molecule is COc1ccc([C@H](C(=O)NC2CCCC2)N(Cc2ccc(C)cc2)C(=O)c2ccn[nH]2)cc1OC. The molecule has 2 aromatic carbocycles. The summed E-state index contributed by atoms with van der Waals surface area (Å²) in [4.78, 5) is 29.1. The van der Waals surface area contributed by atoms with E-state index in [2.05, 4.69) is 15.5 Å². The van der Waals surface area contributed by atoms with Crippen molar-refractivity contribution < 1.29 is 19.1 Å². The van der Waals surface area contributed by atoms with E-state index in [1.54, 1.807) is 37.3 Å².